The molecule has 1 amide bonds. The Kier molecular flexibility index (Phi) is 6.45. The fraction of sp³-hybridized carbons (Fsp3) is 0.611. The molecule has 2 saturated heterocycles. The number of halogens is 1. The van der Waals surface area contributed by atoms with E-state index >= 15 is 0 Å². The second kappa shape index (κ2) is 8.13. The summed E-state index contributed by atoms with van der Waals surface area (Å²) in [4.78, 5) is 14.8. The molecule has 3 rings (SSSR count). The van der Waals surface area contributed by atoms with Gasteiger partial charge in [0.2, 0.25) is 0 Å². The molecule has 2 heterocycles. The van der Waals surface area contributed by atoms with Crippen molar-refractivity contribution in [3.8, 4) is 0 Å². The maximum absolute atomic E-state index is 12.8. The quantitative estimate of drug-likeness (QED) is 0.921. The van der Waals surface area contributed by atoms with Gasteiger partial charge in [-0.1, -0.05) is 30.3 Å². The fourth-order valence-corrected chi connectivity index (χ4v) is 3.83. The molecule has 128 valence electrons. The van der Waals surface area contributed by atoms with Crippen LogP contribution >= 0.6 is 12.4 Å². The first kappa shape index (κ1) is 18.2. The topological polar surface area (TPSA) is 41.6 Å². The van der Waals surface area contributed by atoms with Gasteiger partial charge in [0.25, 0.3) is 5.91 Å². The largest absolute Gasteiger partial charge is 0.367 e. The van der Waals surface area contributed by atoms with Gasteiger partial charge in [0.15, 0.2) is 6.10 Å². The lowest BCUT2D eigenvalue weighted by Gasteiger charge is -2.45. The Morgan fingerprint density at radius 2 is 1.74 bits per heavy atom. The van der Waals surface area contributed by atoms with E-state index in [1.54, 1.807) is 7.11 Å². The first-order valence-electron chi connectivity index (χ1n) is 8.31. The van der Waals surface area contributed by atoms with Crippen LogP contribution in [-0.2, 0) is 9.53 Å². The molecular weight excluding hydrogens is 312 g/mol. The third kappa shape index (κ3) is 4.06. The van der Waals surface area contributed by atoms with Gasteiger partial charge in [-0.05, 0) is 49.8 Å². The third-order valence-electron chi connectivity index (χ3n) is 5.36. The van der Waals surface area contributed by atoms with Crippen LogP contribution in [0.3, 0.4) is 0 Å². The van der Waals surface area contributed by atoms with Crippen molar-refractivity contribution in [1.82, 2.24) is 10.2 Å². The molecule has 0 aliphatic carbocycles. The zero-order chi connectivity index (χ0) is 15.4. The number of nitrogens with zero attached hydrogens (tertiary/aromatic N) is 1. The van der Waals surface area contributed by atoms with Crippen molar-refractivity contribution in [2.45, 2.75) is 31.8 Å². The Hall–Kier alpha value is -1.10. The maximum Gasteiger partial charge on any atom is 0.256 e. The number of hydrogen-bond donors (Lipinski definition) is 1. The molecular formula is C18H27ClN2O2. The van der Waals surface area contributed by atoms with Crippen molar-refractivity contribution < 1.29 is 9.53 Å². The van der Waals surface area contributed by atoms with Crippen LogP contribution in [0, 0.1) is 5.41 Å². The van der Waals surface area contributed by atoms with Gasteiger partial charge in [0.05, 0.1) is 0 Å². The van der Waals surface area contributed by atoms with Gasteiger partial charge in [-0.2, -0.15) is 0 Å². The molecule has 5 heteroatoms. The van der Waals surface area contributed by atoms with Crippen LogP contribution < -0.4 is 5.32 Å². The highest BCUT2D eigenvalue weighted by Gasteiger charge is 2.38. The molecule has 0 radical (unpaired) electrons. The van der Waals surface area contributed by atoms with E-state index in [-0.39, 0.29) is 18.3 Å². The number of hydrogen-bond acceptors (Lipinski definition) is 3. The number of amides is 1. The highest BCUT2D eigenvalue weighted by atomic mass is 35.5. The lowest BCUT2D eigenvalue weighted by molar-refractivity contribution is -0.145. The highest BCUT2D eigenvalue weighted by molar-refractivity contribution is 5.85. The van der Waals surface area contributed by atoms with E-state index in [1.165, 1.54) is 12.8 Å². The molecule has 0 bridgehead atoms. The molecule has 0 saturated carbocycles. The molecule has 1 aromatic carbocycles. The molecule has 4 nitrogen and oxygen atoms in total. The summed E-state index contributed by atoms with van der Waals surface area (Å²) in [6.45, 7) is 3.98. The molecule has 2 fully saturated rings. The monoisotopic (exact) mass is 338 g/mol. The Bertz CT molecular complexity index is 493. The van der Waals surface area contributed by atoms with E-state index in [2.05, 4.69) is 5.32 Å². The van der Waals surface area contributed by atoms with Crippen molar-refractivity contribution in [3.63, 3.8) is 0 Å². The number of piperidine rings is 2. The van der Waals surface area contributed by atoms with Crippen LogP contribution in [0.25, 0.3) is 0 Å². The van der Waals surface area contributed by atoms with Crippen LogP contribution in [0.15, 0.2) is 30.3 Å². The van der Waals surface area contributed by atoms with Crippen LogP contribution in [0.1, 0.15) is 37.4 Å². The highest BCUT2D eigenvalue weighted by Crippen LogP contribution is 2.40. The Morgan fingerprint density at radius 3 is 2.30 bits per heavy atom. The van der Waals surface area contributed by atoms with Gasteiger partial charge in [-0.15, -0.1) is 12.4 Å². The number of likely N-dealkylation sites (tertiary alicyclic amines) is 1. The molecule has 1 spiro atoms. The summed E-state index contributed by atoms with van der Waals surface area (Å²) in [6, 6.07) is 9.79. The maximum atomic E-state index is 12.8. The predicted molar refractivity (Wildman–Crippen MR) is 93.8 cm³/mol. The fourth-order valence-electron chi connectivity index (χ4n) is 3.83. The molecule has 2 aliphatic rings. The average Bonchev–Trinajstić information content (AvgIpc) is 2.58. The summed E-state index contributed by atoms with van der Waals surface area (Å²) in [7, 11) is 1.62. The third-order valence-corrected chi connectivity index (χ3v) is 5.36. The molecule has 1 N–H and O–H groups in total. The summed E-state index contributed by atoms with van der Waals surface area (Å²) >= 11 is 0. The Morgan fingerprint density at radius 1 is 1.13 bits per heavy atom. The van der Waals surface area contributed by atoms with E-state index in [0.29, 0.717) is 5.41 Å². The lowest BCUT2D eigenvalue weighted by atomic mass is 9.71. The van der Waals surface area contributed by atoms with Crippen molar-refractivity contribution in [2.24, 2.45) is 5.41 Å². The molecule has 0 aromatic heterocycles. The summed E-state index contributed by atoms with van der Waals surface area (Å²) in [5.74, 6) is 0.109. The standard InChI is InChI=1S/C18H26N2O2.ClH/c1-22-16(15-5-3-2-4-6-15)17(21)20-13-9-18(10-14-20)7-11-19-12-8-18;/h2-6,16,19H,7-14H2,1H3;1H. The minimum atomic E-state index is -0.469. The van der Waals surface area contributed by atoms with Crippen molar-refractivity contribution >= 4 is 18.3 Å². The van der Waals surface area contributed by atoms with Gasteiger partial charge in [-0.25, -0.2) is 0 Å². The van der Waals surface area contributed by atoms with Crippen molar-refractivity contribution in [2.75, 3.05) is 33.3 Å². The lowest BCUT2D eigenvalue weighted by Crippen LogP contribution is -2.48. The Balaban J connectivity index is 0.00000192. The predicted octanol–water partition coefficient (Wildman–Crippen LogP) is 2.79. The zero-order valence-corrected chi connectivity index (χ0v) is 14.6. The SMILES string of the molecule is COC(C(=O)N1CCC2(CCNCC2)CC1)c1ccccc1.Cl. The van der Waals surface area contributed by atoms with E-state index in [1.807, 2.05) is 35.2 Å². The van der Waals surface area contributed by atoms with Crippen molar-refractivity contribution in [1.29, 1.82) is 0 Å². The number of benzene rings is 1. The van der Waals surface area contributed by atoms with Gasteiger partial charge < -0.3 is 15.0 Å². The van der Waals surface area contributed by atoms with Crippen LogP contribution in [0.2, 0.25) is 0 Å². The normalized spacial score (nSPS) is 21.5. The summed E-state index contributed by atoms with van der Waals surface area (Å²) in [5, 5.41) is 3.44. The van der Waals surface area contributed by atoms with Gasteiger partial charge in [-0.3, -0.25) is 4.79 Å². The average molecular weight is 339 g/mol. The number of carbonyl (C=O) groups is 1. The second-order valence-electron chi connectivity index (χ2n) is 6.60. The number of rotatable bonds is 3. The van der Waals surface area contributed by atoms with E-state index in [0.717, 1.165) is 44.6 Å². The zero-order valence-electron chi connectivity index (χ0n) is 13.8. The second-order valence-corrected chi connectivity index (χ2v) is 6.60. The molecule has 23 heavy (non-hydrogen) atoms. The number of ether oxygens (including phenoxy) is 1. The van der Waals surface area contributed by atoms with E-state index in [4.69, 9.17) is 4.74 Å². The van der Waals surface area contributed by atoms with Crippen LogP contribution in [0.4, 0.5) is 0 Å². The summed E-state index contributed by atoms with van der Waals surface area (Å²) < 4.78 is 5.49. The number of carbonyl (C=O) groups excluding carboxylic acids is 1. The molecule has 1 aromatic rings. The van der Waals surface area contributed by atoms with E-state index < -0.39 is 6.10 Å². The molecule has 1 unspecified atom stereocenters. The van der Waals surface area contributed by atoms with Gasteiger partial charge >= 0.3 is 0 Å². The Labute approximate surface area is 145 Å². The minimum Gasteiger partial charge on any atom is -0.367 e. The summed E-state index contributed by atoms with van der Waals surface area (Å²) in [5.41, 5.74) is 1.41. The number of nitrogens with one attached hydrogen (secondary N) is 1. The van der Waals surface area contributed by atoms with Crippen LogP contribution in [0.5, 0.6) is 0 Å². The van der Waals surface area contributed by atoms with Gasteiger partial charge in [0.1, 0.15) is 0 Å². The van der Waals surface area contributed by atoms with E-state index in [9.17, 15) is 4.79 Å². The van der Waals surface area contributed by atoms with Gasteiger partial charge in [0, 0.05) is 20.2 Å². The minimum absolute atomic E-state index is 0. The number of methoxy groups -OCH3 is 1. The molecule has 1 atom stereocenters. The van der Waals surface area contributed by atoms with Crippen LogP contribution in [-0.4, -0.2) is 44.1 Å². The first-order chi connectivity index (χ1) is 10.7. The van der Waals surface area contributed by atoms with Crippen molar-refractivity contribution in [3.05, 3.63) is 35.9 Å². The summed E-state index contributed by atoms with van der Waals surface area (Å²) in [6.07, 6.45) is 4.29. The molecule has 2 aliphatic heterocycles. The first-order valence-corrected chi connectivity index (χ1v) is 8.31. The smallest absolute Gasteiger partial charge is 0.256 e.